The third-order valence-electron chi connectivity index (χ3n) is 3.44. The second-order valence-corrected chi connectivity index (χ2v) is 5.93. The molecule has 0 atom stereocenters. The minimum absolute atomic E-state index is 0.249. The number of carboxylic acid groups (broad SMARTS) is 1. The number of thiazole rings is 1. The van der Waals surface area contributed by atoms with Crippen LogP contribution in [-0.2, 0) is 0 Å². The first-order valence-electron chi connectivity index (χ1n) is 6.55. The number of carbonyl (C=O) groups is 1. The molecule has 1 fully saturated rings. The molecule has 2 aromatic rings. The van der Waals surface area contributed by atoms with E-state index in [-0.39, 0.29) is 5.56 Å². The molecule has 0 unspecified atom stereocenters. The van der Waals surface area contributed by atoms with Crippen LogP contribution in [0.1, 0.15) is 51.1 Å². The average molecular weight is 286 g/mol. The fourth-order valence-corrected chi connectivity index (χ4v) is 3.05. The Labute approximate surface area is 120 Å². The molecular formula is C15H14N2O2S. The number of nitrogens with zero attached hydrogens (tertiary/aromatic N) is 2. The predicted molar refractivity (Wildman–Crippen MR) is 78.8 cm³/mol. The fraction of sp³-hybridized carbons (Fsp3) is 0.267. The van der Waals surface area contributed by atoms with Gasteiger partial charge in [-0.1, -0.05) is 6.42 Å². The second-order valence-electron chi connectivity index (χ2n) is 4.84. The van der Waals surface area contributed by atoms with E-state index in [1.807, 2.05) is 18.3 Å². The van der Waals surface area contributed by atoms with Gasteiger partial charge in [0.25, 0.3) is 0 Å². The van der Waals surface area contributed by atoms with Crippen LogP contribution < -0.4 is 0 Å². The van der Waals surface area contributed by atoms with Crippen LogP contribution in [0.2, 0.25) is 0 Å². The molecule has 2 aromatic heterocycles. The van der Waals surface area contributed by atoms with Crippen molar-refractivity contribution in [1.29, 1.82) is 0 Å². The molecule has 1 saturated carbocycles. The zero-order chi connectivity index (χ0) is 13.9. The van der Waals surface area contributed by atoms with Gasteiger partial charge in [-0.2, -0.15) is 0 Å². The first-order chi connectivity index (χ1) is 9.72. The number of pyridine rings is 1. The molecule has 0 bridgehead atoms. The Morgan fingerprint density at radius 3 is 2.90 bits per heavy atom. The van der Waals surface area contributed by atoms with Gasteiger partial charge in [-0.05, 0) is 37.1 Å². The Hall–Kier alpha value is -2.01. The van der Waals surface area contributed by atoms with Crippen molar-refractivity contribution in [3.05, 3.63) is 45.7 Å². The van der Waals surface area contributed by atoms with Gasteiger partial charge in [0.15, 0.2) is 0 Å². The van der Waals surface area contributed by atoms with Gasteiger partial charge >= 0.3 is 5.97 Å². The highest BCUT2D eigenvalue weighted by atomic mass is 32.1. The van der Waals surface area contributed by atoms with Crippen LogP contribution in [0.15, 0.2) is 24.5 Å². The van der Waals surface area contributed by atoms with E-state index < -0.39 is 5.97 Å². The molecule has 4 nitrogen and oxygen atoms in total. The van der Waals surface area contributed by atoms with Gasteiger partial charge in [-0.25, -0.2) is 9.78 Å². The van der Waals surface area contributed by atoms with Crippen LogP contribution in [-0.4, -0.2) is 21.0 Å². The number of hydrogen-bond donors (Lipinski definition) is 1. The first kappa shape index (κ1) is 13.0. The molecule has 0 amide bonds. The largest absolute Gasteiger partial charge is 0.478 e. The van der Waals surface area contributed by atoms with Crippen LogP contribution in [0.3, 0.4) is 0 Å². The van der Waals surface area contributed by atoms with Gasteiger partial charge in [-0.15, -0.1) is 11.3 Å². The van der Waals surface area contributed by atoms with Gasteiger partial charge in [0.1, 0.15) is 0 Å². The smallest absolute Gasteiger partial charge is 0.335 e. The summed E-state index contributed by atoms with van der Waals surface area (Å²) in [7, 11) is 0. The van der Waals surface area contributed by atoms with Crippen molar-refractivity contribution < 1.29 is 9.90 Å². The highest BCUT2D eigenvalue weighted by molar-refractivity contribution is 7.12. The maximum Gasteiger partial charge on any atom is 0.335 e. The van der Waals surface area contributed by atoms with E-state index in [0.717, 1.165) is 4.88 Å². The molecule has 0 aliphatic heterocycles. The second kappa shape index (κ2) is 5.54. The minimum Gasteiger partial charge on any atom is -0.478 e. The van der Waals surface area contributed by atoms with Crippen LogP contribution >= 0.6 is 11.3 Å². The van der Waals surface area contributed by atoms with Gasteiger partial charge < -0.3 is 5.11 Å². The maximum atomic E-state index is 10.9. The van der Waals surface area contributed by atoms with Crippen molar-refractivity contribution >= 4 is 29.5 Å². The summed E-state index contributed by atoms with van der Waals surface area (Å²) in [6.45, 7) is 0. The van der Waals surface area contributed by atoms with Crippen LogP contribution in [0.4, 0.5) is 0 Å². The lowest BCUT2D eigenvalue weighted by molar-refractivity contribution is 0.0696. The van der Waals surface area contributed by atoms with E-state index in [1.165, 1.54) is 36.5 Å². The Bertz CT molecular complexity index is 659. The molecule has 5 heteroatoms. The van der Waals surface area contributed by atoms with Crippen LogP contribution in [0, 0.1) is 0 Å². The lowest BCUT2D eigenvalue weighted by atomic mass is 9.86. The molecule has 3 rings (SSSR count). The minimum atomic E-state index is -0.938. The fourth-order valence-electron chi connectivity index (χ4n) is 2.06. The van der Waals surface area contributed by atoms with Crippen molar-refractivity contribution in [1.82, 2.24) is 9.97 Å². The van der Waals surface area contributed by atoms with Crippen molar-refractivity contribution in [3.63, 3.8) is 0 Å². The molecule has 20 heavy (non-hydrogen) atoms. The van der Waals surface area contributed by atoms with E-state index in [9.17, 15) is 4.79 Å². The van der Waals surface area contributed by atoms with E-state index in [0.29, 0.717) is 11.6 Å². The van der Waals surface area contributed by atoms with Crippen LogP contribution in [0.25, 0.3) is 12.2 Å². The predicted octanol–water partition coefficient (Wildman–Crippen LogP) is 3.67. The standard InChI is InChI=1S/C15H14N2O2S/c18-15(19)11-6-7-16-12(8-11)4-5-13-9-17-14(20-13)10-2-1-3-10/h4-10H,1-3H2,(H,18,19)/b5-4+. The normalized spacial score (nSPS) is 15.4. The molecular weight excluding hydrogens is 272 g/mol. The van der Waals surface area contributed by atoms with E-state index in [4.69, 9.17) is 5.11 Å². The summed E-state index contributed by atoms with van der Waals surface area (Å²) in [4.78, 5) is 20.6. The number of rotatable bonds is 4. The Morgan fingerprint density at radius 1 is 1.35 bits per heavy atom. The molecule has 1 aliphatic carbocycles. The van der Waals surface area contributed by atoms with Gasteiger partial charge in [-0.3, -0.25) is 4.98 Å². The first-order valence-corrected chi connectivity index (χ1v) is 7.37. The zero-order valence-electron chi connectivity index (χ0n) is 10.8. The van der Waals surface area contributed by atoms with Crippen molar-refractivity contribution in [2.45, 2.75) is 25.2 Å². The summed E-state index contributed by atoms with van der Waals surface area (Å²) in [5.41, 5.74) is 0.891. The highest BCUT2D eigenvalue weighted by Gasteiger charge is 2.22. The molecule has 2 heterocycles. The Balaban J connectivity index is 1.74. The Morgan fingerprint density at radius 2 is 2.20 bits per heavy atom. The zero-order valence-corrected chi connectivity index (χ0v) is 11.6. The third kappa shape index (κ3) is 2.77. The van der Waals surface area contributed by atoms with E-state index >= 15 is 0 Å². The molecule has 0 saturated heterocycles. The number of carboxylic acids is 1. The highest BCUT2D eigenvalue weighted by Crippen LogP contribution is 2.38. The molecule has 0 aromatic carbocycles. The summed E-state index contributed by atoms with van der Waals surface area (Å²) in [5, 5.41) is 10.1. The van der Waals surface area contributed by atoms with E-state index in [2.05, 4.69) is 9.97 Å². The summed E-state index contributed by atoms with van der Waals surface area (Å²) in [5.74, 6) is -0.289. The monoisotopic (exact) mass is 286 g/mol. The molecule has 1 N–H and O–H groups in total. The summed E-state index contributed by atoms with van der Waals surface area (Å²) in [6, 6.07) is 3.05. The van der Waals surface area contributed by atoms with Crippen molar-refractivity contribution in [2.75, 3.05) is 0 Å². The average Bonchev–Trinajstić information content (AvgIpc) is 2.83. The topological polar surface area (TPSA) is 63.1 Å². The lowest BCUT2D eigenvalue weighted by Crippen LogP contribution is -2.07. The third-order valence-corrected chi connectivity index (χ3v) is 4.57. The van der Waals surface area contributed by atoms with Gasteiger partial charge in [0, 0.05) is 23.2 Å². The van der Waals surface area contributed by atoms with Crippen molar-refractivity contribution in [3.8, 4) is 0 Å². The SMILES string of the molecule is O=C(O)c1ccnc(/C=C/c2cnc(C3CCC3)s2)c1. The molecule has 0 spiro atoms. The molecule has 0 radical (unpaired) electrons. The number of hydrogen-bond acceptors (Lipinski definition) is 4. The van der Waals surface area contributed by atoms with Crippen LogP contribution in [0.5, 0.6) is 0 Å². The summed E-state index contributed by atoms with van der Waals surface area (Å²) >= 11 is 1.70. The molecule has 1 aliphatic rings. The van der Waals surface area contributed by atoms with E-state index in [1.54, 1.807) is 17.4 Å². The summed E-state index contributed by atoms with van der Waals surface area (Å²) in [6.07, 6.45) is 10.9. The number of aromatic carboxylic acids is 1. The summed E-state index contributed by atoms with van der Waals surface area (Å²) < 4.78 is 0. The van der Waals surface area contributed by atoms with Crippen molar-refractivity contribution in [2.24, 2.45) is 0 Å². The lowest BCUT2D eigenvalue weighted by Gasteiger charge is -2.22. The maximum absolute atomic E-state index is 10.9. The molecule has 102 valence electrons. The Kier molecular flexibility index (Phi) is 3.60. The quantitative estimate of drug-likeness (QED) is 0.931. The van der Waals surface area contributed by atoms with Gasteiger partial charge in [0.2, 0.25) is 0 Å². The number of aromatic nitrogens is 2. The van der Waals surface area contributed by atoms with Gasteiger partial charge in [0.05, 0.1) is 16.3 Å².